The van der Waals surface area contributed by atoms with Gasteiger partial charge < -0.3 is 4.42 Å². The molecule has 0 amide bonds. The summed E-state index contributed by atoms with van der Waals surface area (Å²) >= 11 is 9.22. The monoisotopic (exact) mass is 284 g/mol. The van der Waals surface area contributed by atoms with Crippen molar-refractivity contribution in [1.82, 2.24) is 0 Å². The smallest absolute Gasteiger partial charge is 0.229 e. The standard InChI is InChI=1S/C11H6BrClO2/c12-7-3-4-8(9(13)6-7)11(14)10-2-1-5-15-10/h1-6H. The molecule has 0 fully saturated rings. The predicted octanol–water partition coefficient (Wildman–Crippen LogP) is 3.93. The summed E-state index contributed by atoms with van der Waals surface area (Å²) in [4.78, 5) is 11.8. The number of ketones is 1. The first-order valence-corrected chi connectivity index (χ1v) is 5.39. The van der Waals surface area contributed by atoms with Gasteiger partial charge in [0.15, 0.2) is 5.76 Å². The highest BCUT2D eigenvalue weighted by molar-refractivity contribution is 9.10. The summed E-state index contributed by atoms with van der Waals surface area (Å²) in [5.41, 5.74) is 0.440. The van der Waals surface area contributed by atoms with Gasteiger partial charge in [0.25, 0.3) is 0 Å². The van der Waals surface area contributed by atoms with Gasteiger partial charge in [-0.25, -0.2) is 0 Å². The predicted molar refractivity (Wildman–Crippen MR) is 61.3 cm³/mol. The number of hydrogen-bond acceptors (Lipinski definition) is 2. The third-order valence-electron chi connectivity index (χ3n) is 1.92. The molecule has 0 aliphatic rings. The first-order chi connectivity index (χ1) is 7.18. The molecule has 2 nitrogen and oxygen atoms in total. The second kappa shape index (κ2) is 4.21. The Hall–Kier alpha value is -1.06. The molecule has 0 aliphatic carbocycles. The van der Waals surface area contributed by atoms with Crippen molar-refractivity contribution in [2.45, 2.75) is 0 Å². The Kier molecular flexibility index (Phi) is 2.93. The Bertz CT molecular complexity index is 491. The molecule has 1 aromatic heterocycles. The molecular formula is C11H6BrClO2. The van der Waals surface area contributed by atoms with Crippen molar-refractivity contribution >= 4 is 33.3 Å². The van der Waals surface area contributed by atoms with Gasteiger partial charge in [-0.1, -0.05) is 27.5 Å². The van der Waals surface area contributed by atoms with E-state index in [4.69, 9.17) is 16.0 Å². The largest absolute Gasteiger partial charge is 0.461 e. The van der Waals surface area contributed by atoms with Crippen LogP contribution in [0.25, 0.3) is 0 Å². The van der Waals surface area contributed by atoms with Crippen LogP contribution in [0, 0.1) is 0 Å². The lowest BCUT2D eigenvalue weighted by molar-refractivity contribution is 0.101. The molecule has 0 N–H and O–H groups in total. The van der Waals surface area contributed by atoms with Gasteiger partial charge in [-0.15, -0.1) is 0 Å². The van der Waals surface area contributed by atoms with E-state index in [9.17, 15) is 4.79 Å². The van der Waals surface area contributed by atoms with Crippen LogP contribution in [0.5, 0.6) is 0 Å². The molecule has 1 aromatic carbocycles. The number of hydrogen-bond donors (Lipinski definition) is 0. The Labute approximate surface area is 100.0 Å². The highest BCUT2D eigenvalue weighted by Crippen LogP contribution is 2.23. The second-order valence-electron chi connectivity index (χ2n) is 2.93. The molecule has 0 radical (unpaired) electrons. The van der Waals surface area contributed by atoms with E-state index in [-0.39, 0.29) is 5.78 Å². The Morgan fingerprint density at radius 2 is 2.13 bits per heavy atom. The van der Waals surface area contributed by atoms with Gasteiger partial charge in [-0.3, -0.25) is 4.79 Å². The van der Waals surface area contributed by atoms with E-state index in [1.54, 1.807) is 30.3 Å². The third-order valence-corrected chi connectivity index (χ3v) is 2.73. The van der Waals surface area contributed by atoms with Crippen molar-refractivity contribution in [3.8, 4) is 0 Å². The Morgan fingerprint density at radius 1 is 1.33 bits per heavy atom. The topological polar surface area (TPSA) is 30.2 Å². The van der Waals surface area contributed by atoms with Gasteiger partial charge in [0.1, 0.15) is 0 Å². The minimum absolute atomic E-state index is 0.211. The van der Waals surface area contributed by atoms with E-state index in [0.717, 1.165) is 4.47 Å². The summed E-state index contributed by atoms with van der Waals surface area (Å²) in [5.74, 6) is 0.0803. The highest BCUT2D eigenvalue weighted by atomic mass is 79.9. The van der Waals surface area contributed by atoms with Crippen molar-refractivity contribution in [3.05, 3.63) is 57.4 Å². The van der Waals surface area contributed by atoms with Crippen molar-refractivity contribution in [1.29, 1.82) is 0 Å². The molecule has 2 rings (SSSR count). The second-order valence-corrected chi connectivity index (χ2v) is 4.25. The molecule has 0 saturated heterocycles. The summed E-state index contributed by atoms with van der Waals surface area (Å²) in [6, 6.07) is 8.39. The fraction of sp³-hybridized carbons (Fsp3) is 0. The zero-order chi connectivity index (χ0) is 10.8. The summed E-state index contributed by atoms with van der Waals surface area (Å²) < 4.78 is 5.85. The molecule has 0 bridgehead atoms. The van der Waals surface area contributed by atoms with Crippen LogP contribution < -0.4 is 0 Å². The number of rotatable bonds is 2. The van der Waals surface area contributed by atoms with Crippen LogP contribution in [-0.4, -0.2) is 5.78 Å². The third kappa shape index (κ3) is 2.13. The van der Waals surface area contributed by atoms with Crippen LogP contribution in [0.1, 0.15) is 16.1 Å². The van der Waals surface area contributed by atoms with Gasteiger partial charge in [0, 0.05) is 10.0 Å². The minimum Gasteiger partial charge on any atom is -0.461 e. The van der Waals surface area contributed by atoms with Gasteiger partial charge >= 0.3 is 0 Å². The molecule has 1 heterocycles. The molecule has 76 valence electrons. The lowest BCUT2D eigenvalue weighted by Crippen LogP contribution is -2.00. The van der Waals surface area contributed by atoms with Gasteiger partial charge in [-0.2, -0.15) is 0 Å². The number of carbonyl (C=O) groups excluding carboxylic acids is 1. The molecule has 0 unspecified atom stereocenters. The van der Waals surface area contributed by atoms with Crippen molar-refractivity contribution in [2.24, 2.45) is 0 Å². The molecule has 15 heavy (non-hydrogen) atoms. The van der Waals surface area contributed by atoms with Crippen LogP contribution in [0.15, 0.2) is 45.5 Å². The normalized spacial score (nSPS) is 10.3. The molecule has 2 aromatic rings. The van der Waals surface area contributed by atoms with Crippen LogP contribution in [0.4, 0.5) is 0 Å². The summed E-state index contributed by atoms with van der Waals surface area (Å²) in [6.07, 6.45) is 1.46. The average molecular weight is 286 g/mol. The average Bonchev–Trinajstić information content (AvgIpc) is 2.69. The number of carbonyl (C=O) groups is 1. The molecular weight excluding hydrogens is 279 g/mol. The van der Waals surface area contributed by atoms with Gasteiger partial charge in [0.05, 0.1) is 11.3 Å². The van der Waals surface area contributed by atoms with Crippen molar-refractivity contribution < 1.29 is 9.21 Å². The fourth-order valence-corrected chi connectivity index (χ4v) is 1.97. The fourth-order valence-electron chi connectivity index (χ4n) is 1.21. The maximum absolute atomic E-state index is 11.8. The number of halogens is 2. The van der Waals surface area contributed by atoms with Crippen LogP contribution >= 0.6 is 27.5 Å². The van der Waals surface area contributed by atoms with Crippen LogP contribution in [-0.2, 0) is 0 Å². The number of furan rings is 1. The maximum Gasteiger partial charge on any atom is 0.229 e. The summed E-state index contributed by atoms with van der Waals surface area (Å²) in [7, 11) is 0. The molecule has 0 aliphatic heterocycles. The molecule has 4 heteroatoms. The quantitative estimate of drug-likeness (QED) is 0.783. The lowest BCUT2D eigenvalue weighted by Gasteiger charge is -2.01. The first-order valence-electron chi connectivity index (χ1n) is 4.22. The van der Waals surface area contributed by atoms with Gasteiger partial charge in [0.2, 0.25) is 5.78 Å². The Balaban J connectivity index is 2.42. The van der Waals surface area contributed by atoms with E-state index in [0.29, 0.717) is 16.3 Å². The Morgan fingerprint density at radius 3 is 2.73 bits per heavy atom. The number of benzene rings is 1. The zero-order valence-electron chi connectivity index (χ0n) is 7.54. The first kappa shape index (κ1) is 10.5. The van der Waals surface area contributed by atoms with E-state index in [1.807, 2.05) is 0 Å². The van der Waals surface area contributed by atoms with E-state index < -0.39 is 0 Å². The van der Waals surface area contributed by atoms with E-state index >= 15 is 0 Å². The van der Waals surface area contributed by atoms with E-state index in [2.05, 4.69) is 15.9 Å². The van der Waals surface area contributed by atoms with E-state index in [1.165, 1.54) is 6.26 Å². The summed E-state index contributed by atoms with van der Waals surface area (Å²) in [5, 5.41) is 0.408. The minimum atomic E-state index is -0.211. The maximum atomic E-state index is 11.8. The van der Waals surface area contributed by atoms with Gasteiger partial charge in [-0.05, 0) is 30.3 Å². The highest BCUT2D eigenvalue weighted by Gasteiger charge is 2.14. The lowest BCUT2D eigenvalue weighted by atomic mass is 10.1. The molecule has 0 saturated carbocycles. The summed E-state index contributed by atoms with van der Waals surface area (Å²) in [6.45, 7) is 0. The van der Waals surface area contributed by atoms with Crippen LogP contribution in [0.3, 0.4) is 0 Å². The van der Waals surface area contributed by atoms with Crippen molar-refractivity contribution in [2.75, 3.05) is 0 Å². The molecule has 0 spiro atoms. The molecule has 0 atom stereocenters. The van der Waals surface area contributed by atoms with Crippen LogP contribution in [0.2, 0.25) is 5.02 Å². The zero-order valence-corrected chi connectivity index (χ0v) is 9.88. The van der Waals surface area contributed by atoms with Crippen molar-refractivity contribution in [3.63, 3.8) is 0 Å². The SMILES string of the molecule is O=C(c1ccco1)c1ccc(Br)cc1Cl.